The van der Waals surface area contributed by atoms with Crippen molar-refractivity contribution in [2.45, 2.75) is 228 Å². The Morgan fingerprint density at radius 3 is 0.595 bits per heavy atom. The SMILES string of the molecule is OC1CCCCC1.OC1CCCCC1.OC1CCCCC1.O[Si](C1CCCCC1)(C1CCCCC1)C1CCCCC1.[Zr]. The van der Waals surface area contributed by atoms with Gasteiger partial charge in [-0.15, -0.1) is 0 Å². The van der Waals surface area contributed by atoms with E-state index in [1.807, 2.05) is 0 Å². The van der Waals surface area contributed by atoms with E-state index in [0.717, 1.165) is 55.1 Å². The van der Waals surface area contributed by atoms with Gasteiger partial charge in [-0.05, 0) is 55.1 Å². The zero-order valence-electron chi connectivity index (χ0n) is 27.5. The van der Waals surface area contributed by atoms with E-state index in [4.69, 9.17) is 15.3 Å². The molecule has 0 atom stereocenters. The van der Waals surface area contributed by atoms with Crippen molar-refractivity contribution in [1.82, 2.24) is 0 Å². The molecule has 0 amide bonds. The van der Waals surface area contributed by atoms with E-state index in [0.29, 0.717) is 0 Å². The van der Waals surface area contributed by atoms with Gasteiger partial charge >= 0.3 is 0 Å². The molecule has 6 rings (SSSR count). The Labute approximate surface area is 280 Å². The second kappa shape index (κ2) is 23.3. The van der Waals surface area contributed by atoms with Gasteiger partial charge in [0.1, 0.15) is 0 Å². The molecule has 0 bridgehead atoms. The van der Waals surface area contributed by atoms with E-state index in [9.17, 15) is 4.80 Å². The average molecular weight is 686 g/mol. The molecular formula is C36H70O4SiZr. The Morgan fingerprint density at radius 2 is 0.452 bits per heavy atom. The van der Waals surface area contributed by atoms with Crippen LogP contribution in [0.1, 0.15) is 193 Å². The van der Waals surface area contributed by atoms with Gasteiger partial charge in [-0.25, -0.2) is 0 Å². The molecule has 0 aromatic rings. The molecule has 0 aromatic heterocycles. The van der Waals surface area contributed by atoms with Crippen LogP contribution in [0.4, 0.5) is 0 Å². The molecule has 4 N–H and O–H groups in total. The summed E-state index contributed by atoms with van der Waals surface area (Å²) in [6, 6.07) is 0. The topological polar surface area (TPSA) is 80.9 Å². The molecule has 0 aromatic carbocycles. The van der Waals surface area contributed by atoms with Gasteiger partial charge in [-0.1, -0.05) is 154 Å². The number of hydrogen-bond donors (Lipinski definition) is 4. The van der Waals surface area contributed by atoms with Gasteiger partial charge in [-0.3, -0.25) is 0 Å². The molecule has 0 spiro atoms. The van der Waals surface area contributed by atoms with Gasteiger partial charge in [-0.2, -0.15) is 0 Å². The Morgan fingerprint density at radius 1 is 0.286 bits per heavy atom. The normalized spacial score (nSPS) is 26.3. The summed E-state index contributed by atoms with van der Waals surface area (Å²) in [5, 5.41) is 26.7. The van der Waals surface area contributed by atoms with E-state index in [1.165, 1.54) is 154 Å². The summed E-state index contributed by atoms with van der Waals surface area (Å²) in [5.41, 5.74) is 2.30. The summed E-state index contributed by atoms with van der Waals surface area (Å²) < 4.78 is 0. The van der Waals surface area contributed by atoms with Crippen LogP contribution in [0.5, 0.6) is 0 Å². The van der Waals surface area contributed by atoms with Gasteiger partial charge in [0.05, 0.1) is 18.3 Å². The second-order valence-electron chi connectivity index (χ2n) is 14.8. The third kappa shape index (κ3) is 14.6. The van der Waals surface area contributed by atoms with Gasteiger partial charge < -0.3 is 20.1 Å². The molecule has 246 valence electrons. The van der Waals surface area contributed by atoms with Gasteiger partial charge in [0.25, 0.3) is 0 Å². The largest absolute Gasteiger partial charge is 0.431 e. The van der Waals surface area contributed by atoms with Crippen LogP contribution in [0.3, 0.4) is 0 Å². The maximum Gasteiger partial charge on any atom is 0.197 e. The Bertz CT molecular complexity index is 532. The minimum atomic E-state index is -2.05. The van der Waals surface area contributed by atoms with Crippen molar-refractivity contribution in [2.24, 2.45) is 0 Å². The fourth-order valence-corrected chi connectivity index (χ4v) is 14.9. The van der Waals surface area contributed by atoms with Crippen molar-refractivity contribution >= 4 is 8.32 Å². The molecule has 0 saturated heterocycles. The van der Waals surface area contributed by atoms with E-state index in [2.05, 4.69) is 0 Å². The van der Waals surface area contributed by atoms with Crippen LogP contribution < -0.4 is 0 Å². The molecule has 6 heteroatoms. The first kappa shape index (κ1) is 39.1. The van der Waals surface area contributed by atoms with Crippen molar-refractivity contribution in [3.8, 4) is 0 Å². The predicted octanol–water partition coefficient (Wildman–Crippen LogP) is 9.86. The van der Waals surface area contributed by atoms with Crippen LogP contribution in [-0.4, -0.2) is 46.7 Å². The van der Waals surface area contributed by atoms with Gasteiger partial charge in [0.2, 0.25) is 0 Å². The molecule has 6 aliphatic rings. The maximum atomic E-state index is 12.0. The zero-order chi connectivity index (χ0) is 29.2. The molecule has 0 radical (unpaired) electrons. The summed E-state index contributed by atoms with van der Waals surface area (Å²) in [6.45, 7) is 0. The van der Waals surface area contributed by atoms with E-state index >= 15 is 0 Å². The summed E-state index contributed by atoms with van der Waals surface area (Å²) in [5.74, 6) is 0. The maximum absolute atomic E-state index is 12.0. The van der Waals surface area contributed by atoms with E-state index in [-0.39, 0.29) is 44.5 Å². The quantitative estimate of drug-likeness (QED) is 0.223. The van der Waals surface area contributed by atoms with Crippen molar-refractivity contribution in [1.29, 1.82) is 0 Å². The first-order valence-electron chi connectivity index (χ1n) is 18.8. The van der Waals surface area contributed by atoms with Crippen LogP contribution in [0.25, 0.3) is 0 Å². The van der Waals surface area contributed by atoms with Crippen LogP contribution in [0.15, 0.2) is 0 Å². The van der Waals surface area contributed by atoms with Crippen LogP contribution in [0, 0.1) is 0 Å². The molecule has 6 saturated carbocycles. The van der Waals surface area contributed by atoms with Crippen molar-refractivity contribution in [3.05, 3.63) is 0 Å². The molecular weight excluding hydrogens is 616 g/mol. The zero-order valence-corrected chi connectivity index (χ0v) is 30.9. The van der Waals surface area contributed by atoms with Crippen molar-refractivity contribution in [2.75, 3.05) is 0 Å². The van der Waals surface area contributed by atoms with Crippen LogP contribution in [-0.2, 0) is 26.2 Å². The molecule has 42 heavy (non-hydrogen) atoms. The monoisotopic (exact) mass is 684 g/mol. The standard InChI is InChI=1S/C18H34OSi.3C6H12O.Zr/c19-20(16-10-4-1-5-11-16,17-12-6-2-7-13-17)18-14-8-3-9-15-18;3*7-6-4-2-1-3-5-6;/h16-19H,1-15H2;3*6-7H,1-5H2;. The average Bonchev–Trinajstić information content (AvgIpc) is 3.04. The molecule has 4 nitrogen and oxygen atoms in total. The van der Waals surface area contributed by atoms with Crippen LogP contribution >= 0.6 is 0 Å². The van der Waals surface area contributed by atoms with E-state index < -0.39 is 8.32 Å². The molecule has 6 fully saturated rings. The molecule has 0 aliphatic heterocycles. The minimum Gasteiger partial charge on any atom is -0.431 e. The van der Waals surface area contributed by atoms with Crippen molar-refractivity contribution < 1.29 is 46.3 Å². The second-order valence-corrected chi connectivity index (χ2v) is 19.0. The Kier molecular flexibility index (Phi) is 21.7. The fourth-order valence-electron chi connectivity index (χ4n) is 8.94. The molecule has 0 heterocycles. The third-order valence-electron chi connectivity index (χ3n) is 11.5. The molecule has 6 aliphatic carbocycles. The first-order chi connectivity index (χ1) is 20.0. The van der Waals surface area contributed by atoms with E-state index in [1.54, 1.807) is 0 Å². The number of hydrogen-bond acceptors (Lipinski definition) is 4. The summed E-state index contributed by atoms with van der Waals surface area (Å²) >= 11 is 0. The third-order valence-corrected chi connectivity index (χ3v) is 17.2. The number of aliphatic hydroxyl groups excluding tert-OH is 3. The van der Waals surface area contributed by atoms with Gasteiger partial charge in [0.15, 0.2) is 8.32 Å². The predicted molar refractivity (Wildman–Crippen MR) is 176 cm³/mol. The number of rotatable bonds is 3. The fraction of sp³-hybridized carbons (Fsp3) is 1.00. The van der Waals surface area contributed by atoms with Crippen LogP contribution in [0.2, 0.25) is 16.6 Å². The number of aliphatic hydroxyl groups is 3. The molecule has 0 unspecified atom stereocenters. The van der Waals surface area contributed by atoms with Gasteiger partial charge in [0, 0.05) is 26.2 Å². The first-order valence-corrected chi connectivity index (χ1v) is 20.9. The summed E-state index contributed by atoms with van der Waals surface area (Å²) in [7, 11) is -2.05. The Balaban J connectivity index is 0.000000229. The smallest absolute Gasteiger partial charge is 0.197 e. The summed E-state index contributed by atoms with van der Waals surface area (Å²) in [6.07, 6.45) is 38.7. The Hall–Kier alpha value is 0.940. The van der Waals surface area contributed by atoms with Crippen molar-refractivity contribution in [3.63, 3.8) is 0 Å². The summed E-state index contributed by atoms with van der Waals surface area (Å²) in [4.78, 5) is 12.0. The minimum absolute atomic E-state index is 0.